The molecule has 17 heavy (non-hydrogen) atoms. The van der Waals surface area contributed by atoms with Gasteiger partial charge in [0, 0.05) is 17.1 Å². The van der Waals surface area contributed by atoms with Crippen molar-refractivity contribution in [3.8, 4) is 5.75 Å². The Morgan fingerprint density at radius 2 is 2.00 bits per heavy atom. The van der Waals surface area contributed by atoms with Crippen molar-refractivity contribution in [1.82, 2.24) is 5.32 Å². The van der Waals surface area contributed by atoms with E-state index in [-0.39, 0.29) is 0 Å². The maximum atomic E-state index is 5.76. The highest BCUT2D eigenvalue weighted by molar-refractivity contribution is 9.10. The number of rotatable bonds is 6. The molecule has 3 heteroatoms. The van der Waals surface area contributed by atoms with Gasteiger partial charge in [-0.3, -0.25) is 0 Å². The molecule has 0 aromatic heterocycles. The first kappa shape index (κ1) is 14.5. The molecule has 0 aliphatic heterocycles. The van der Waals surface area contributed by atoms with E-state index in [9.17, 15) is 0 Å². The minimum absolute atomic E-state index is 0.530. The van der Waals surface area contributed by atoms with Crippen molar-refractivity contribution < 1.29 is 4.74 Å². The molecule has 0 bridgehead atoms. The molecule has 1 aromatic rings. The number of hydrogen-bond donors (Lipinski definition) is 1. The molecule has 0 aliphatic carbocycles. The smallest absolute Gasteiger partial charge is 0.123 e. The van der Waals surface area contributed by atoms with Crippen LogP contribution in [0.15, 0.2) is 22.7 Å². The number of halogens is 1. The average Bonchev–Trinajstić information content (AvgIpc) is 2.28. The van der Waals surface area contributed by atoms with Gasteiger partial charge in [0.25, 0.3) is 0 Å². The molecule has 0 radical (unpaired) electrons. The van der Waals surface area contributed by atoms with E-state index in [1.807, 2.05) is 12.1 Å². The third-order valence-corrected chi connectivity index (χ3v) is 3.47. The van der Waals surface area contributed by atoms with Gasteiger partial charge in [-0.25, -0.2) is 0 Å². The zero-order valence-electron chi connectivity index (χ0n) is 11.1. The normalized spacial score (nSPS) is 12.8. The van der Waals surface area contributed by atoms with Crippen LogP contribution in [0.1, 0.15) is 26.3 Å². The minimum atomic E-state index is 0.530. The molecule has 1 aromatic carbocycles. The molecular weight excluding hydrogens is 278 g/mol. The molecule has 0 spiro atoms. The van der Waals surface area contributed by atoms with Crippen LogP contribution in [0.5, 0.6) is 5.75 Å². The molecule has 1 unspecified atom stereocenters. The van der Waals surface area contributed by atoms with Gasteiger partial charge in [-0.1, -0.05) is 35.8 Å². The molecular formula is C14H22BrNO. The van der Waals surface area contributed by atoms with Crippen molar-refractivity contribution in [2.75, 3.05) is 13.2 Å². The Morgan fingerprint density at radius 3 is 2.65 bits per heavy atom. The van der Waals surface area contributed by atoms with Crippen LogP contribution in [-0.4, -0.2) is 19.2 Å². The summed E-state index contributed by atoms with van der Waals surface area (Å²) in [6.07, 6.45) is 0. The van der Waals surface area contributed by atoms with Crippen LogP contribution >= 0.6 is 15.9 Å². The lowest BCUT2D eigenvalue weighted by atomic mass is 10.1. The fourth-order valence-electron chi connectivity index (χ4n) is 1.41. The average molecular weight is 300 g/mol. The Kier molecular flexibility index (Phi) is 6.00. The fraction of sp³-hybridized carbons (Fsp3) is 0.571. The Balaban J connectivity index is 2.33. The van der Waals surface area contributed by atoms with E-state index in [1.54, 1.807) is 0 Å². The molecule has 0 fully saturated rings. The lowest BCUT2D eigenvalue weighted by Crippen LogP contribution is -2.33. The topological polar surface area (TPSA) is 21.3 Å². The van der Waals surface area contributed by atoms with Crippen molar-refractivity contribution in [3.05, 3.63) is 28.2 Å². The third kappa shape index (κ3) is 5.09. The van der Waals surface area contributed by atoms with Crippen molar-refractivity contribution in [2.24, 2.45) is 5.92 Å². The van der Waals surface area contributed by atoms with E-state index in [0.29, 0.717) is 18.6 Å². The molecule has 0 heterocycles. The van der Waals surface area contributed by atoms with Crippen LogP contribution < -0.4 is 10.1 Å². The molecule has 96 valence electrons. The summed E-state index contributed by atoms with van der Waals surface area (Å²) < 4.78 is 6.81. The first-order valence-corrected chi connectivity index (χ1v) is 6.92. The highest BCUT2D eigenvalue weighted by Crippen LogP contribution is 2.22. The molecule has 1 rings (SSSR count). The lowest BCUT2D eigenvalue weighted by molar-refractivity contribution is 0.295. The van der Waals surface area contributed by atoms with E-state index in [2.05, 4.69) is 55.0 Å². The predicted molar refractivity (Wildman–Crippen MR) is 76.7 cm³/mol. The van der Waals surface area contributed by atoms with Gasteiger partial charge in [-0.05, 0) is 37.5 Å². The summed E-state index contributed by atoms with van der Waals surface area (Å²) in [4.78, 5) is 0. The van der Waals surface area contributed by atoms with Gasteiger partial charge < -0.3 is 10.1 Å². The summed E-state index contributed by atoms with van der Waals surface area (Å²) in [5, 5.41) is 3.45. The number of benzene rings is 1. The van der Waals surface area contributed by atoms with Gasteiger partial charge in [0.2, 0.25) is 0 Å². The van der Waals surface area contributed by atoms with Crippen LogP contribution in [0.2, 0.25) is 0 Å². The number of ether oxygens (including phenoxy) is 1. The van der Waals surface area contributed by atoms with Gasteiger partial charge in [0.05, 0.1) is 0 Å². The second kappa shape index (κ2) is 7.02. The Bertz CT molecular complexity index is 352. The quantitative estimate of drug-likeness (QED) is 0.808. The van der Waals surface area contributed by atoms with Gasteiger partial charge in [0.15, 0.2) is 0 Å². The highest BCUT2D eigenvalue weighted by atomic mass is 79.9. The van der Waals surface area contributed by atoms with E-state index in [1.165, 1.54) is 5.56 Å². The van der Waals surface area contributed by atoms with E-state index in [4.69, 9.17) is 4.74 Å². The summed E-state index contributed by atoms with van der Waals surface area (Å²) in [5.41, 5.74) is 1.17. The highest BCUT2D eigenvalue weighted by Gasteiger charge is 2.05. The van der Waals surface area contributed by atoms with Gasteiger partial charge in [0.1, 0.15) is 12.4 Å². The van der Waals surface area contributed by atoms with E-state index in [0.717, 1.165) is 16.8 Å². The Labute approximate surface area is 113 Å². The Hall–Kier alpha value is -0.540. The largest absolute Gasteiger partial charge is 0.492 e. The van der Waals surface area contributed by atoms with Crippen molar-refractivity contribution in [3.63, 3.8) is 0 Å². The summed E-state index contributed by atoms with van der Waals surface area (Å²) >= 11 is 3.45. The van der Waals surface area contributed by atoms with Crippen LogP contribution in [0.3, 0.4) is 0 Å². The van der Waals surface area contributed by atoms with Crippen LogP contribution in [0, 0.1) is 12.8 Å². The monoisotopic (exact) mass is 299 g/mol. The van der Waals surface area contributed by atoms with Gasteiger partial charge in [-0.2, -0.15) is 0 Å². The standard InChI is InChI=1S/C14H22BrNO/c1-10(2)12(4)16-7-8-17-14-9-13(15)6-5-11(14)3/h5-6,9-10,12,16H,7-8H2,1-4H3. The lowest BCUT2D eigenvalue weighted by Gasteiger charge is -2.17. The fourth-order valence-corrected chi connectivity index (χ4v) is 1.75. The van der Waals surface area contributed by atoms with Crippen molar-refractivity contribution >= 4 is 15.9 Å². The number of nitrogens with one attached hydrogen (secondary N) is 1. The molecule has 1 N–H and O–H groups in total. The summed E-state index contributed by atoms with van der Waals surface area (Å²) in [6, 6.07) is 6.63. The molecule has 0 saturated heterocycles. The van der Waals surface area contributed by atoms with Gasteiger partial charge in [-0.15, -0.1) is 0 Å². The van der Waals surface area contributed by atoms with Crippen molar-refractivity contribution in [2.45, 2.75) is 33.7 Å². The first-order valence-electron chi connectivity index (χ1n) is 6.13. The van der Waals surface area contributed by atoms with E-state index < -0.39 is 0 Å². The molecule has 1 atom stereocenters. The summed E-state index contributed by atoms with van der Waals surface area (Å²) in [7, 11) is 0. The number of hydrogen-bond acceptors (Lipinski definition) is 2. The predicted octanol–water partition coefficient (Wildman–Crippen LogP) is 3.77. The molecule has 0 amide bonds. The zero-order chi connectivity index (χ0) is 12.8. The molecule has 0 saturated carbocycles. The van der Waals surface area contributed by atoms with Crippen LogP contribution in [0.25, 0.3) is 0 Å². The third-order valence-electron chi connectivity index (χ3n) is 2.98. The maximum Gasteiger partial charge on any atom is 0.123 e. The van der Waals surface area contributed by atoms with Crippen molar-refractivity contribution in [1.29, 1.82) is 0 Å². The van der Waals surface area contributed by atoms with Crippen LogP contribution in [0.4, 0.5) is 0 Å². The number of aryl methyl sites for hydroxylation is 1. The van der Waals surface area contributed by atoms with Gasteiger partial charge >= 0.3 is 0 Å². The van der Waals surface area contributed by atoms with Crippen LogP contribution in [-0.2, 0) is 0 Å². The summed E-state index contributed by atoms with van der Waals surface area (Å²) in [6.45, 7) is 10.3. The molecule has 0 aliphatic rings. The van der Waals surface area contributed by atoms with E-state index >= 15 is 0 Å². The first-order chi connectivity index (χ1) is 8.00. The maximum absolute atomic E-state index is 5.76. The minimum Gasteiger partial charge on any atom is -0.492 e. The molecule has 2 nitrogen and oxygen atoms in total. The SMILES string of the molecule is Cc1ccc(Br)cc1OCCNC(C)C(C)C. The second-order valence-corrected chi connectivity index (χ2v) is 5.66. The second-order valence-electron chi connectivity index (χ2n) is 4.75. The zero-order valence-corrected chi connectivity index (χ0v) is 12.7. The summed E-state index contributed by atoms with van der Waals surface area (Å²) in [5.74, 6) is 1.61. The Morgan fingerprint density at radius 1 is 1.29 bits per heavy atom.